The van der Waals surface area contributed by atoms with Gasteiger partial charge in [-0.3, -0.25) is 13.9 Å². The summed E-state index contributed by atoms with van der Waals surface area (Å²) in [5.74, 6) is 0.187. The number of carbonyl (C=O) groups excluding carboxylic acids is 2. The van der Waals surface area contributed by atoms with Crippen molar-refractivity contribution in [3.05, 3.63) is 124 Å². The zero-order valence-electron chi connectivity index (χ0n) is 25.9. The van der Waals surface area contributed by atoms with Gasteiger partial charge in [-0.1, -0.05) is 84.7 Å². The van der Waals surface area contributed by atoms with Gasteiger partial charge in [0, 0.05) is 29.1 Å². The fourth-order valence-corrected chi connectivity index (χ4v) is 6.07. The second kappa shape index (κ2) is 16.0. The van der Waals surface area contributed by atoms with E-state index < -0.39 is 28.5 Å². The molecule has 0 aliphatic carbocycles. The summed E-state index contributed by atoms with van der Waals surface area (Å²) in [5.41, 5.74) is 1.66. The SMILES string of the molecule is CC[C@H](C)NC(=O)[C@H](Cc1ccccc1)N(Cc1ccc(Cl)cc1Cl)C(=O)CN(c1ccc(Oc2ccccc2)cc1)S(C)(=O)=O. The molecule has 1 N–H and O–H groups in total. The number of ether oxygens (including phenoxy) is 1. The monoisotopic (exact) mass is 681 g/mol. The highest BCUT2D eigenvalue weighted by atomic mass is 35.5. The standard InChI is InChI=1S/C35H37Cl2N3O5S/c1-4-25(2)38-35(42)33(21-26-11-7-5-8-12-26)39(23-27-15-16-28(36)22-32(27)37)34(41)24-40(46(3,43)44)29-17-19-31(20-18-29)45-30-13-9-6-10-14-30/h5-20,22,25,33H,4,21,23-24H2,1-3H3,(H,38,42)/t25-,33-/m0/s1. The molecule has 4 aromatic rings. The first-order valence-electron chi connectivity index (χ1n) is 14.8. The number of rotatable bonds is 14. The lowest BCUT2D eigenvalue weighted by Gasteiger charge is -2.34. The van der Waals surface area contributed by atoms with Gasteiger partial charge in [0.1, 0.15) is 24.1 Å². The molecule has 46 heavy (non-hydrogen) atoms. The number of para-hydroxylation sites is 1. The third kappa shape index (κ3) is 9.72. The van der Waals surface area contributed by atoms with Crippen LogP contribution in [0.1, 0.15) is 31.4 Å². The highest BCUT2D eigenvalue weighted by Crippen LogP contribution is 2.27. The molecule has 0 aliphatic rings. The molecule has 0 saturated heterocycles. The Labute approximate surface area is 280 Å². The van der Waals surface area contributed by atoms with E-state index in [1.165, 1.54) is 4.90 Å². The molecule has 0 heterocycles. The van der Waals surface area contributed by atoms with Crippen LogP contribution in [-0.2, 0) is 32.6 Å². The number of amides is 2. The Bertz CT molecular complexity index is 1720. The number of benzene rings is 4. The van der Waals surface area contributed by atoms with Crippen molar-refractivity contribution in [1.29, 1.82) is 0 Å². The third-order valence-electron chi connectivity index (χ3n) is 7.41. The van der Waals surface area contributed by atoms with Gasteiger partial charge in [0.2, 0.25) is 21.8 Å². The summed E-state index contributed by atoms with van der Waals surface area (Å²) in [6, 6.07) is 28.7. The van der Waals surface area contributed by atoms with Crippen LogP contribution in [0.2, 0.25) is 10.0 Å². The van der Waals surface area contributed by atoms with Crippen LogP contribution in [0.4, 0.5) is 5.69 Å². The van der Waals surface area contributed by atoms with Gasteiger partial charge in [-0.15, -0.1) is 0 Å². The Morgan fingerprint density at radius 3 is 2.07 bits per heavy atom. The van der Waals surface area contributed by atoms with Gasteiger partial charge >= 0.3 is 0 Å². The number of nitrogens with zero attached hydrogens (tertiary/aromatic N) is 2. The van der Waals surface area contributed by atoms with E-state index in [4.69, 9.17) is 27.9 Å². The first-order chi connectivity index (χ1) is 21.9. The van der Waals surface area contributed by atoms with Crippen molar-refractivity contribution in [3.8, 4) is 11.5 Å². The van der Waals surface area contributed by atoms with Crippen molar-refractivity contribution in [1.82, 2.24) is 10.2 Å². The normalized spacial score (nSPS) is 12.5. The Hall–Kier alpha value is -4.05. The van der Waals surface area contributed by atoms with Crippen LogP contribution in [0.3, 0.4) is 0 Å². The van der Waals surface area contributed by atoms with Crippen molar-refractivity contribution in [3.63, 3.8) is 0 Å². The predicted molar refractivity (Wildman–Crippen MR) is 184 cm³/mol. The molecule has 0 radical (unpaired) electrons. The number of hydrogen-bond donors (Lipinski definition) is 1. The molecule has 0 bridgehead atoms. The number of carbonyl (C=O) groups is 2. The molecule has 11 heteroatoms. The highest BCUT2D eigenvalue weighted by molar-refractivity contribution is 7.92. The van der Waals surface area contributed by atoms with Crippen molar-refractivity contribution < 1.29 is 22.7 Å². The van der Waals surface area contributed by atoms with E-state index in [0.717, 1.165) is 16.1 Å². The molecule has 2 atom stereocenters. The van der Waals surface area contributed by atoms with E-state index in [1.807, 2.05) is 62.4 Å². The second-order valence-corrected chi connectivity index (χ2v) is 13.7. The number of nitrogens with one attached hydrogen (secondary N) is 1. The molecule has 8 nitrogen and oxygen atoms in total. The fraction of sp³-hybridized carbons (Fsp3) is 0.257. The van der Waals surface area contributed by atoms with Gasteiger partial charge in [-0.25, -0.2) is 8.42 Å². The van der Waals surface area contributed by atoms with Crippen LogP contribution in [0.25, 0.3) is 0 Å². The number of halogens is 2. The summed E-state index contributed by atoms with van der Waals surface area (Å²) in [7, 11) is -3.93. The molecule has 0 fully saturated rings. The van der Waals surface area contributed by atoms with Crippen molar-refractivity contribution in [2.45, 2.75) is 45.3 Å². The van der Waals surface area contributed by atoms with Crippen LogP contribution in [-0.4, -0.2) is 50.0 Å². The summed E-state index contributed by atoms with van der Waals surface area (Å²) in [4.78, 5) is 29.5. The van der Waals surface area contributed by atoms with Crippen LogP contribution in [0.5, 0.6) is 11.5 Å². The van der Waals surface area contributed by atoms with Gasteiger partial charge in [-0.05, 0) is 73.0 Å². The summed E-state index contributed by atoms with van der Waals surface area (Å²) in [6.45, 7) is 3.23. The summed E-state index contributed by atoms with van der Waals surface area (Å²) in [5, 5.41) is 3.74. The molecule has 0 unspecified atom stereocenters. The lowest BCUT2D eigenvalue weighted by atomic mass is 10.0. The van der Waals surface area contributed by atoms with E-state index in [2.05, 4.69) is 5.32 Å². The number of sulfonamides is 1. The zero-order chi connectivity index (χ0) is 33.3. The van der Waals surface area contributed by atoms with E-state index in [9.17, 15) is 18.0 Å². The third-order valence-corrected chi connectivity index (χ3v) is 9.14. The van der Waals surface area contributed by atoms with Crippen molar-refractivity contribution in [2.24, 2.45) is 0 Å². The Balaban J connectivity index is 1.70. The Morgan fingerprint density at radius 2 is 1.48 bits per heavy atom. The predicted octanol–water partition coefficient (Wildman–Crippen LogP) is 7.11. The summed E-state index contributed by atoms with van der Waals surface area (Å²) < 4.78 is 33.1. The maximum atomic E-state index is 14.3. The minimum Gasteiger partial charge on any atom is -0.457 e. The van der Waals surface area contributed by atoms with Gasteiger partial charge in [0.15, 0.2) is 0 Å². The van der Waals surface area contributed by atoms with E-state index >= 15 is 0 Å². The summed E-state index contributed by atoms with van der Waals surface area (Å²) >= 11 is 12.7. The van der Waals surface area contributed by atoms with Crippen LogP contribution in [0.15, 0.2) is 103 Å². The maximum absolute atomic E-state index is 14.3. The maximum Gasteiger partial charge on any atom is 0.244 e. The minimum absolute atomic E-state index is 0.0539. The second-order valence-electron chi connectivity index (χ2n) is 11.0. The zero-order valence-corrected chi connectivity index (χ0v) is 28.2. The molecule has 242 valence electrons. The Morgan fingerprint density at radius 1 is 0.870 bits per heavy atom. The minimum atomic E-state index is -3.93. The smallest absolute Gasteiger partial charge is 0.244 e. The van der Waals surface area contributed by atoms with E-state index in [0.29, 0.717) is 33.5 Å². The largest absolute Gasteiger partial charge is 0.457 e. The van der Waals surface area contributed by atoms with Gasteiger partial charge in [0.25, 0.3) is 0 Å². The molecule has 4 aromatic carbocycles. The topological polar surface area (TPSA) is 96.0 Å². The summed E-state index contributed by atoms with van der Waals surface area (Å²) in [6.07, 6.45) is 1.92. The van der Waals surface area contributed by atoms with E-state index in [-0.39, 0.29) is 30.6 Å². The molecule has 0 aliphatic heterocycles. The van der Waals surface area contributed by atoms with Crippen LogP contribution in [0, 0.1) is 0 Å². The lowest BCUT2D eigenvalue weighted by Crippen LogP contribution is -2.54. The van der Waals surface area contributed by atoms with E-state index in [1.54, 1.807) is 54.6 Å². The molecule has 0 spiro atoms. The molecule has 2 amide bonds. The van der Waals surface area contributed by atoms with Crippen molar-refractivity contribution >= 4 is 50.7 Å². The molecule has 4 rings (SSSR count). The van der Waals surface area contributed by atoms with Gasteiger partial charge < -0.3 is 15.0 Å². The van der Waals surface area contributed by atoms with Crippen LogP contribution >= 0.6 is 23.2 Å². The molecule has 0 saturated carbocycles. The van der Waals surface area contributed by atoms with Gasteiger partial charge in [0.05, 0.1) is 11.9 Å². The first kappa shape index (κ1) is 34.8. The number of hydrogen-bond acceptors (Lipinski definition) is 5. The van der Waals surface area contributed by atoms with Crippen molar-refractivity contribution in [2.75, 3.05) is 17.1 Å². The average Bonchev–Trinajstić information content (AvgIpc) is 3.03. The molecular weight excluding hydrogens is 645 g/mol. The first-order valence-corrected chi connectivity index (χ1v) is 17.4. The quantitative estimate of drug-likeness (QED) is 0.153. The Kier molecular flexibility index (Phi) is 12.1. The van der Waals surface area contributed by atoms with Crippen LogP contribution < -0.4 is 14.4 Å². The fourth-order valence-electron chi connectivity index (χ4n) is 4.75. The lowest BCUT2D eigenvalue weighted by molar-refractivity contribution is -0.140. The average molecular weight is 683 g/mol. The van der Waals surface area contributed by atoms with Gasteiger partial charge in [-0.2, -0.15) is 0 Å². The molecule has 0 aromatic heterocycles. The number of anilines is 1. The highest BCUT2D eigenvalue weighted by Gasteiger charge is 2.33. The molecular formula is C35H37Cl2N3O5S.